The standard InChI is InChI=1S/C10H12Cl2O/c1-2-3-10(13)8-5-4-7(11)6-9(8)12/h4-6,10,13H,2-3H2,1H3. The van der Waals surface area contributed by atoms with Gasteiger partial charge in [-0.05, 0) is 24.1 Å². The predicted molar refractivity (Wildman–Crippen MR) is 56.3 cm³/mol. The highest BCUT2D eigenvalue weighted by Crippen LogP contribution is 2.28. The minimum Gasteiger partial charge on any atom is -0.388 e. The number of benzene rings is 1. The Labute approximate surface area is 88.3 Å². The second-order valence-electron chi connectivity index (χ2n) is 2.97. The van der Waals surface area contributed by atoms with Crippen molar-refractivity contribution in [1.82, 2.24) is 0 Å². The van der Waals surface area contributed by atoms with Gasteiger partial charge in [0.05, 0.1) is 6.10 Å². The molecule has 0 aliphatic heterocycles. The van der Waals surface area contributed by atoms with Crippen LogP contribution in [0.1, 0.15) is 31.4 Å². The molecule has 3 heteroatoms. The summed E-state index contributed by atoms with van der Waals surface area (Å²) in [6, 6.07) is 5.16. The Morgan fingerprint density at radius 2 is 2.08 bits per heavy atom. The Hall–Kier alpha value is -0.240. The largest absolute Gasteiger partial charge is 0.388 e. The molecule has 1 rings (SSSR count). The maximum atomic E-state index is 9.66. The molecule has 0 bridgehead atoms. The first-order chi connectivity index (χ1) is 6.15. The number of aliphatic hydroxyl groups excluding tert-OH is 1. The summed E-state index contributed by atoms with van der Waals surface area (Å²) in [6.45, 7) is 2.02. The summed E-state index contributed by atoms with van der Waals surface area (Å²) in [5.41, 5.74) is 0.757. The maximum Gasteiger partial charge on any atom is 0.0804 e. The van der Waals surface area contributed by atoms with Gasteiger partial charge in [-0.3, -0.25) is 0 Å². The van der Waals surface area contributed by atoms with E-state index in [-0.39, 0.29) is 0 Å². The molecule has 0 saturated heterocycles. The zero-order valence-corrected chi connectivity index (χ0v) is 8.94. The number of halogens is 2. The molecule has 1 unspecified atom stereocenters. The number of rotatable bonds is 3. The third kappa shape index (κ3) is 2.87. The first-order valence-electron chi connectivity index (χ1n) is 4.28. The zero-order valence-electron chi connectivity index (χ0n) is 7.43. The van der Waals surface area contributed by atoms with Crippen LogP contribution in [0.25, 0.3) is 0 Å². The summed E-state index contributed by atoms with van der Waals surface area (Å²) in [5.74, 6) is 0. The molecule has 0 aliphatic rings. The number of aliphatic hydroxyl groups is 1. The van der Waals surface area contributed by atoms with E-state index >= 15 is 0 Å². The van der Waals surface area contributed by atoms with Crippen LogP contribution in [-0.2, 0) is 0 Å². The highest BCUT2D eigenvalue weighted by Gasteiger charge is 2.10. The summed E-state index contributed by atoms with van der Waals surface area (Å²) in [7, 11) is 0. The van der Waals surface area contributed by atoms with Gasteiger partial charge in [-0.2, -0.15) is 0 Å². The molecule has 0 spiro atoms. The summed E-state index contributed by atoms with van der Waals surface area (Å²) in [4.78, 5) is 0. The molecule has 1 aromatic rings. The highest BCUT2D eigenvalue weighted by atomic mass is 35.5. The monoisotopic (exact) mass is 218 g/mol. The molecule has 1 nitrogen and oxygen atoms in total. The first-order valence-corrected chi connectivity index (χ1v) is 5.03. The molecule has 0 saturated carbocycles. The lowest BCUT2D eigenvalue weighted by molar-refractivity contribution is 0.166. The van der Waals surface area contributed by atoms with Crippen LogP contribution < -0.4 is 0 Å². The molecule has 13 heavy (non-hydrogen) atoms. The second-order valence-corrected chi connectivity index (χ2v) is 3.81. The fourth-order valence-corrected chi connectivity index (χ4v) is 1.74. The van der Waals surface area contributed by atoms with Gasteiger partial charge >= 0.3 is 0 Å². The van der Waals surface area contributed by atoms with E-state index < -0.39 is 6.10 Å². The van der Waals surface area contributed by atoms with Crippen LogP contribution >= 0.6 is 23.2 Å². The highest BCUT2D eigenvalue weighted by molar-refractivity contribution is 6.35. The Kier molecular flexibility index (Phi) is 4.04. The van der Waals surface area contributed by atoms with Crippen LogP contribution in [-0.4, -0.2) is 5.11 Å². The van der Waals surface area contributed by atoms with Crippen molar-refractivity contribution in [2.75, 3.05) is 0 Å². The van der Waals surface area contributed by atoms with Crippen LogP contribution in [0.5, 0.6) is 0 Å². The molecular formula is C10H12Cl2O. The predicted octanol–water partition coefficient (Wildman–Crippen LogP) is 3.83. The van der Waals surface area contributed by atoms with Crippen molar-refractivity contribution in [3.8, 4) is 0 Å². The van der Waals surface area contributed by atoms with Crippen molar-refractivity contribution in [3.63, 3.8) is 0 Å². The molecule has 0 amide bonds. The van der Waals surface area contributed by atoms with Crippen LogP contribution in [0.15, 0.2) is 18.2 Å². The van der Waals surface area contributed by atoms with Gasteiger partial charge in [-0.25, -0.2) is 0 Å². The second kappa shape index (κ2) is 4.85. The van der Waals surface area contributed by atoms with Gasteiger partial charge in [0.15, 0.2) is 0 Å². The van der Waals surface area contributed by atoms with Crippen molar-refractivity contribution in [2.45, 2.75) is 25.9 Å². The Morgan fingerprint density at radius 1 is 1.38 bits per heavy atom. The van der Waals surface area contributed by atoms with Crippen molar-refractivity contribution >= 4 is 23.2 Å². The molecule has 1 N–H and O–H groups in total. The van der Waals surface area contributed by atoms with E-state index in [1.165, 1.54) is 0 Å². The van der Waals surface area contributed by atoms with E-state index in [1.807, 2.05) is 6.92 Å². The van der Waals surface area contributed by atoms with E-state index in [0.29, 0.717) is 10.0 Å². The maximum absolute atomic E-state index is 9.66. The smallest absolute Gasteiger partial charge is 0.0804 e. The normalized spacial score (nSPS) is 12.9. The fourth-order valence-electron chi connectivity index (χ4n) is 1.20. The van der Waals surface area contributed by atoms with Crippen LogP contribution in [0, 0.1) is 0 Å². The van der Waals surface area contributed by atoms with E-state index in [0.717, 1.165) is 18.4 Å². The Morgan fingerprint density at radius 3 is 2.62 bits per heavy atom. The summed E-state index contributed by atoms with van der Waals surface area (Å²) in [6.07, 6.45) is 1.18. The molecule has 0 aliphatic carbocycles. The van der Waals surface area contributed by atoms with Crippen molar-refractivity contribution < 1.29 is 5.11 Å². The average Bonchev–Trinajstić information content (AvgIpc) is 2.04. The quantitative estimate of drug-likeness (QED) is 0.818. The van der Waals surface area contributed by atoms with Crippen LogP contribution in [0.4, 0.5) is 0 Å². The lowest BCUT2D eigenvalue weighted by Crippen LogP contribution is -1.97. The van der Waals surface area contributed by atoms with E-state index in [4.69, 9.17) is 23.2 Å². The molecule has 0 fully saturated rings. The average molecular weight is 219 g/mol. The Balaban J connectivity index is 2.88. The minimum absolute atomic E-state index is 0.477. The van der Waals surface area contributed by atoms with Crippen LogP contribution in [0.2, 0.25) is 10.0 Å². The Bertz CT molecular complexity index is 286. The van der Waals surface area contributed by atoms with Gasteiger partial charge < -0.3 is 5.11 Å². The third-order valence-corrected chi connectivity index (χ3v) is 2.45. The molecule has 0 heterocycles. The molecule has 72 valence electrons. The minimum atomic E-state index is -0.477. The number of hydrogen-bond donors (Lipinski definition) is 1. The van der Waals surface area contributed by atoms with Gasteiger partial charge in [0.1, 0.15) is 0 Å². The molecular weight excluding hydrogens is 207 g/mol. The van der Waals surface area contributed by atoms with E-state index in [2.05, 4.69) is 0 Å². The molecule has 1 atom stereocenters. The lowest BCUT2D eigenvalue weighted by atomic mass is 10.1. The molecule has 0 aromatic heterocycles. The van der Waals surface area contributed by atoms with Crippen molar-refractivity contribution in [1.29, 1.82) is 0 Å². The van der Waals surface area contributed by atoms with Crippen LogP contribution in [0.3, 0.4) is 0 Å². The molecule has 1 aromatic carbocycles. The van der Waals surface area contributed by atoms with Gasteiger partial charge in [0, 0.05) is 10.0 Å². The SMILES string of the molecule is CCCC(O)c1ccc(Cl)cc1Cl. The molecule has 0 radical (unpaired) electrons. The summed E-state index contributed by atoms with van der Waals surface area (Å²) in [5, 5.41) is 10.8. The first kappa shape index (κ1) is 10.8. The van der Waals surface area contributed by atoms with Gasteiger partial charge in [0.25, 0.3) is 0 Å². The van der Waals surface area contributed by atoms with Crippen molar-refractivity contribution in [2.24, 2.45) is 0 Å². The lowest BCUT2D eigenvalue weighted by Gasteiger charge is -2.11. The third-order valence-electron chi connectivity index (χ3n) is 1.88. The topological polar surface area (TPSA) is 20.2 Å². The van der Waals surface area contributed by atoms with Crippen molar-refractivity contribution in [3.05, 3.63) is 33.8 Å². The van der Waals surface area contributed by atoms with Gasteiger partial charge in [-0.1, -0.05) is 42.6 Å². The zero-order chi connectivity index (χ0) is 9.84. The fraction of sp³-hybridized carbons (Fsp3) is 0.400. The summed E-state index contributed by atoms with van der Waals surface area (Å²) < 4.78 is 0. The van der Waals surface area contributed by atoms with Gasteiger partial charge in [-0.15, -0.1) is 0 Å². The van der Waals surface area contributed by atoms with E-state index in [1.54, 1.807) is 18.2 Å². The van der Waals surface area contributed by atoms with Gasteiger partial charge in [0.2, 0.25) is 0 Å². The number of hydrogen-bond acceptors (Lipinski definition) is 1. The summed E-state index contributed by atoms with van der Waals surface area (Å²) >= 11 is 11.6. The van der Waals surface area contributed by atoms with E-state index in [9.17, 15) is 5.11 Å².